The van der Waals surface area contributed by atoms with Crippen LogP contribution in [-0.2, 0) is 6.42 Å². The predicted octanol–water partition coefficient (Wildman–Crippen LogP) is 3.50. The van der Waals surface area contributed by atoms with Crippen LogP contribution in [0.5, 0.6) is 11.5 Å². The Bertz CT molecular complexity index is 516. The molecule has 0 N–H and O–H groups in total. The normalized spacial score (nSPS) is 10.0. The molecule has 0 fully saturated rings. The van der Waals surface area contributed by atoms with Gasteiger partial charge in [-0.2, -0.15) is 0 Å². The fourth-order valence-electron chi connectivity index (χ4n) is 2.52. The summed E-state index contributed by atoms with van der Waals surface area (Å²) in [7, 11) is 0. The molecule has 114 valence electrons. The average molecular weight is 306 g/mol. The van der Waals surface area contributed by atoms with Gasteiger partial charge < -0.3 is 6.16 Å². The molecule has 0 amide bonds. The molecule has 2 rings (SSSR count). The SMILES string of the molecule is CCCCCCCCc1ccccc1Oc1ccccc1.[H-].[Na+]. The maximum atomic E-state index is 6.01. The Labute approximate surface area is 158 Å². The fourth-order valence-corrected chi connectivity index (χ4v) is 2.52. The summed E-state index contributed by atoms with van der Waals surface area (Å²) in [6, 6.07) is 18.4. The number of unbranched alkanes of at least 4 members (excludes halogenated alkanes) is 5. The molecule has 0 radical (unpaired) electrons. The Balaban J connectivity index is 0.00000242. The summed E-state index contributed by atoms with van der Waals surface area (Å²) >= 11 is 0. The molecule has 0 unspecified atom stereocenters. The van der Waals surface area contributed by atoms with Gasteiger partial charge in [-0.15, -0.1) is 0 Å². The second-order valence-corrected chi connectivity index (χ2v) is 5.54. The van der Waals surface area contributed by atoms with E-state index in [1.54, 1.807) is 0 Å². The maximum absolute atomic E-state index is 6.01. The third-order valence-corrected chi connectivity index (χ3v) is 3.74. The predicted molar refractivity (Wildman–Crippen MR) is 91.2 cm³/mol. The van der Waals surface area contributed by atoms with E-state index in [9.17, 15) is 0 Å². The van der Waals surface area contributed by atoms with Gasteiger partial charge in [0.25, 0.3) is 0 Å². The Hall–Kier alpha value is -0.760. The summed E-state index contributed by atoms with van der Waals surface area (Å²) in [5.74, 6) is 1.91. The quantitative estimate of drug-likeness (QED) is 0.509. The molecule has 0 atom stereocenters. The molecule has 22 heavy (non-hydrogen) atoms. The van der Waals surface area contributed by atoms with E-state index in [1.165, 1.54) is 44.1 Å². The third kappa shape index (κ3) is 7.00. The molecule has 0 heterocycles. The van der Waals surface area contributed by atoms with Crippen LogP contribution in [0.2, 0.25) is 0 Å². The van der Waals surface area contributed by atoms with E-state index in [4.69, 9.17) is 4.74 Å². The first kappa shape index (κ1) is 19.3. The van der Waals surface area contributed by atoms with Gasteiger partial charge in [0.05, 0.1) is 0 Å². The zero-order valence-electron chi connectivity index (χ0n) is 15.1. The summed E-state index contributed by atoms with van der Waals surface area (Å²) in [5, 5.41) is 0. The van der Waals surface area contributed by atoms with Crippen LogP contribution in [0.1, 0.15) is 52.4 Å². The van der Waals surface area contributed by atoms with Crippen LogP contribution in [0.4, 0.5) is 0 Å². The molecule has 0 spiro atoms. The van der Waals surface area contributed by atoms with Crippen molar-refractivity contribution in [3.05, 3.63) is 60.2 Å². The van der Waals surface area contributed by atoms with E-state index in [1.807, 2.05) is 36.4 Å². The molecule has 1 nitrogen and oxygen atoms in total. The number of para-hydroxylation sites is 2. The van der Waals surface area contributed by atoms with E-state index in [2.05, 4.69) is 25.1 Å². The number of aryl methyl sites for hydroxylation is 1. The first-order valence-electron chi connectivity index (χ1n) is 8.21. The first-order chi connectivity index (χ1) is 10.4. The number of hydrogen-bond donors (Lipinski definition) is 0. The molecule has 0 aliphatic carbocycles. The minimum Gasteiger partial charge on any atom is -1.00 e. The van der Waals surface area contributed by atoms with Crippen molar-refractivity contribution in [3.8, 4) is 11.5 Å². The minimum atomic E-state index is 0. The van der Waals surface area contributed by atoms with Gasteiger partial charge in [0.15, 0.2) is 0 Å². The van der Waals surface area contributed by atoms with Gasteiger partial charge in [-0.1, -0.05) is 75.4 Å². The van der Waals surface area contributed by atoms with Crippen LogP contribution in [0.25, 0.3) is 0 Å². The van der Waals surface area contributed by atoms with E-state index in [0.717, 1.165) is 17.9 Å². The zero-order chi connectivity index (χ0) is 14.8. The van der Waals surface area contributed by atoms with Crippen LogP contribution < -0.4 is 34.3 Å². The van der Waals surface area contributed by atoms with Gasteiger partial charge in [-0.3, -0.25) is 0 Å². The summed E-state index contributed by atoms with van der Waals surface area (Å²) < 4.78 is 6.01. The molecular weight excluding hydrogens is 279 g/mol. The van der Waals surface area contributed by atoms with Gasteiger partial charge >= 0.3 is 29.6 Å². The summed E-state index contributed by atoms with van der Waals surface area (Å²) in [5.41, 5.74) is 1.32. The fraction of sp³-hybridized carbons (Fsp3) is 0.400. The van der Waals surface area contributed by atoms with Crippen molar-refractivity contribution in [3.63, 3.8) is 0 Å². The zero-order valence-corrected chi connectivity index (χ0v) is 16.1. The van der Waals surface area contributed by atoms with E-state index in [0.29, 0.717) is 0 Å². The molecule has 0 bridgehead atoms. The van der Waals surface area contributed by atoms with E-state index in [-0.39, 0.29) is 31.0 Å². The van der Waals surface area contributed by atoms with Crippen LogP contribution in [-0.4, -0.2) is 0 Å². The molecule has 2 heteroatoms. The van der Waals surface area contributed by atoms with Crippen molar-refractivity contribution in [1.29, 1.82) is 0 Å². The maximum Gasteiger partial charge on any atom is 1.00 e. The Morgan fingerprint density at radius 3 is 2.18 bits per heavy atom. The number of benzene rings is 2. The Kier molecular flexibility index (Phi) is 10.3. The smallest absolute Gasteiger partial charge is 1.00 e. The van der Waals surface area contributed by atoms with Crippen molar-refractivity contribution in [2.24, 2.45) is 0 Å². The molecule has 2 aromatic rings. The summed E-state index contributed by atoms with van der Waals surface area (Å²) in [4.78, 5) is 0. The minimum absolute atomic E-state index is 0. The molecule has 0 aliphatic heterocycles. The molecule has 2 aromatic carbocycles. The molecule has 0 saturated heterocycles. The summed E-state index contributed by atoms with van der Waals surface area (Å²) in [6.07, 6.45) is 9.09. The van der Waals surface area contributed by atoms with Crippen molar-refractivity contribution in [2.45, 2.75) is 51.9 Å². The van der Waals surface area contributed by atoms with Crippen molar-refractivity contribution in [2.75, 3.05) is 0 Å². The van der Waals surface area contributed by atoms with Crippen LogP contribution in [0.15, 0.2) is 54.6 Å². The topological polar surface area (TPSA) is 9.23 Å². The molecule has 0 saturated carbocycles. The largest absolute Gasteiger partial charge is 1.00 e. The van der Waals surface area contributed by atoms with Crippen LogP contribution in [0.3, 0.4) is 0 Å². The first-order valence-corrected chi connectivity index (χ1v) is 8.21. The monoisotopic (exact) mass is 306 g/mol. The van der Waals surface area contributed by atoms with Gasteiger partial charge in [0, 0.05) is 0 Å². The number of rotatable bonds is 9. The third-order valence-electron chi connectivity index (χ3n) is 3.74. The van der Waals surface area contributed by atoms with E-state index >= 15 is 0 Å². The second kappa shape index (κ2) is 11.8. The number of hydrogen-bond acceptors (Lipinski definition) is 1. The number of ether oxygens (including phenoxy) is 1. The van der Waals surface area contributed by atoms with Crippen molar-refractivity contribution in [1.82, 2.24) is 0 Å². The Morgan fingerprint density at radius 2 is 1.41 bits per heavy atom. The van der Waals surface area contributed by atoms with E-state index < -0.39 is 0 Å². The molecular formula is C20H27NaO. The standard InChI is InChI=1S/C20H26O.Na.H/c1-2-3-4-5-6-8-13-18-14-11-12-17-20(18)21-19-15-9-7-10-16-19;;/h7,9-12,14-17H,2-6,8,13H2,1H3;;/q;+1;-1. The van der Waals surface area contributed by atoms with Gasteiger partial charge in [0.1, 0.15) is 11.5 Å². The van der Waals surface area contributed by atoms with Crippen LogP contribution in [0, 0.1) is 0 Å². The van der Waals surface area contributed by atoms with Crippen molar-refractivity contribution < 1.29 is 35.7 Å². The molecule has 0 aliphatic rings. The summed E-state index contributed by atoms with van der Waals surface area (Å²) in [6.45, 7) is 2.26. The Morgan fingerprint density at radius 1 is 0.773 bits per heavy atom. The van der Waals surface area contributed by atoms with Crippen molar-refractivity contribution >= 4 is 0 Å². The van der Waals surface area contributed by atoms with Gasteiger partial charge in [0.2, 0.25) is 0 Å². The van der Waals surface area contributed by atoms with Crippen LogP contribution >= 0.6 is 0 Å². The van der Waals surface area contributed by atoms with Gasteiger partial charge in [-0.25, -0.2) is 0 Å². The van der Waals surface area contributed by atoms with Gasteiger partial charge in [-0.05, 0) is 36.6 Å². The second-order valence-electron chi connectivity index (χ2n) is 5.54. The average Bonchev–Trinajstić information content (AvgIpc) is 2.53. The molecule has 0 aromatic heterocycles.